The van der Waals surface area contributed by atoms with Gasteiger partial charge in [-0.3, -0.25) is 14.9 Å². The van der Waals surface area contributed by atoms with E-state index in [0.29, 0.717) is 10.0 Å². The number of carboxylic acids is 1. The second-order valence-corrected chi connectivity index (χ2v) is 5.19. The monoisotopic (exact) mass is 315 g/mol. The van der Waals surface area contributed by atoms with Gasteiger partial charge in [0, 0.05) is 6.07 Å². The lowest BCUT2D eigenvalue weighted by atomic mass is 9.89. The van der Waals surface area contributed by atoms with Crippen LogP contribution in [-0.4, -0.2) is 16.0 Å². The quantitative estimate of drug-likeness (QED) is 0.668. The van der Waals surface area contributed by atoms with Gasteiger partial charge in [0.1, 0.15) is 0 Å². The molecule has 98 valence electrons. The molecule has 0 radical (unpaired) electrons. The van der Waals surface area contributed by atoms with E-state index in [-0.39, 0.29) is 18.0 Å². The Morgan fingerprint density at radius 2 is 2.11 bits per heavy atom. The topological polar surface area (TPSA) is 80.4 Å². The molecule has 0 saturated heterocycles. The van der Waals surface area contributed by atoms with E-state index >= 15 is 0 Å². The van der Waals surface area contributed by atoms with E-state index in [1.54, 1.807) is 12.1 Å². The number of hydrogen-bond acceptors (Lipinski definition) is 3. The maximum absolute atomic E-state index is 11.1. The van der Waals surface area contributed by atoms with E-state index in [1.165, 1.54) is 6.07 Å². The zero-order valence-corrected chi connectivity index (χ0v) is 11.7. The van der Waals surface area contributed by atoms with E-state index < -0.39 is 16.8 Å². The van der Waals surface area contributed by atoms with Gasteiger partial charge < -0.3 is 5.11 Å². The number of hydrogen-bond donors (Lipinski definition) is 1. The van der Waals surface area contributed by atoms with Crippen LogP contribution in [0.1, 0.15) is 19.4 Å². The number of carboxylic acid groups (broad SMARTS) is 1. The van der Waals surface area contributed by atoms with Crippen LogP contribution in [0.2, 0.25) is 0 Å². The lowest BCUT2D eigenvalue weighted by molar-refractivity contribution is -0.385. The molecule has 1 aromatic rings. The van der Waals surface area contributed by atoms with Gasteiger partial charge in [0.05, 0.1) is 15.3 Å². The number of nitro benzene ring substituents is 1. The average Bonchev–Trinajstić information content (AvgIpc) is 2.26. The summed E-state index contributed by atoms with van der Waals surface area (Å²) in [6.07, 6.45) is 0.273. The van der Waals surface area contributed by atoms with Crippen LogP contribution >= 0.6 is 15.9 Å². The highest BCUT2D eigenvalue weighted by Crippen LogP contribution is 2.31. The van der Waals surface area contributed by atoms with Crippen LogP contribution in [-0.2, 0) is 11.2 Å². The Balaban J connectivity index is 3.07. The standard InChI is InChI=1S/C12H14BrNO4/c1-7(2)9(12(15)16)6-8-4-3-5-10(11(8)13)14(17)18/h3-5,7,9H,6H2,1-2H3,(H,15,16). The van der Waals surface area contributed by atoms with Crippen molar-refractivity contribution >= 4 is 27.6 Å². The fourth-order valence-electron chi connectivity index (χ4n) is 1.71. The zero-order chi connectivity index (χ0) is 13.9. The van der Waals surface area contributed by atoms with E-state index in [9.17, 15) is 14.9 Å². The SMILES string of the molecule is CC(C)C(Cc1cccc([N+](=O)[O-])c1Br)C(=O)O. The van der Waals surface area contributed by atoms with Crippen LogP contribution in [0.3, 0.4) is 0 Å². The molecule has 0 spiro atoms. The Labute approximate surface area is 113 Å². The maximum Gasteiger partial charge on any atom is 0.307 e. The fourth-order valence-corrected chi connectivity index (χ4v) is 2.28. The molecule has 1 rings (SSSR count). The number of halogens is 1. The van der Waals surface area contributed by atoms with Crippen molar-refractivity contribution in [2.75, 3.05) is 0 Å². The van der Waals surface area contributed by atoms with Gasteiger partial charge in [0.2, 0.25) is 0 Å². The molecule has 1 unspecified atom stereocenters. The summed E-state index contributed by atoms with van der Waals surface area (Å²) >= 11 is 3.17. The normalized spacial score (nSPS) is 12.4. The first-order valence-electron chi connectivity index (χ1n) is 5.49. The van der Waals surface area contributed by atoms with E-state index in [0.717, 1.165) is 0 Å². The number of rotatable bonds is 5. The van der Waals surface area contributed by atoms with E-state index in [2.05, 4.69) is 15.9 Å². The van der Waals surface area contributed by atoms with Crippen molar-refractivity contribution in [2.45, 2.75) is 20.3 Å². The third kappa shape index (κ3) is 3.29. The lowest BCUT2D eigenvalue weighted by Gasteiger charge is -2.16. The molecule has 0 amide bonds. The van der Waals surface area contributed by atoms with Gasteiger partial charge in [-0.25, -0.2) is 0 Å². The third-order valence-electron chi connectivity index (χ3n) is 2.82. The molecule has 18 heavy (non-hydrogen) atoms. The Morgan fingerprint density at radius 3 is 2.56 bits per heavy atom. The molecule has 0 bridgehead atoms. The van der Waals surface area contributed by atoms with Crippen LogP contribution < -0.4 is 0 Å². The Hall–Kier alpha value is -1.43. The maximum atomic E-state index is 11.1. The van der Waals surface area contributed by atoms with Gasteiger partial charge in [-0.05, 0) is 33.8 Å². The molecule has 0 saturated carbocycles. The van der Waals surface area contributed by atoms with Crippen LogP contribution in [0.25, 0.3) is 0 Å². The summed E-state index contributed by atoms with van der Waals surface area (Å²) < 4.78 is 0.363. The molecule has 5 nitrogen and oxygen atoms in total. The lowest BCUT2D eigenvalue weighted by Crippen LogP contribution is -2.22. The highest BCUT2D eigenvalue weighted by Gasteiger charge is 2.24. The summed E-state index contributed by atoms with van der Waals surface area (Å²) in [5.41, 5.74) is 0.602. The molecular weight excluding hydrogens is 302 g/mol. The molecule has 1 aromatic carbocycles. The average molecular weight is 316 g/mol. The number of carbonyl (C=O) groups is 1. The molecule has 0 aromatic heterocycles. The van der Waals surface area contributed by atoms with Crippen molar-refractivity contribution in [1.29, 1.82) is 0 Å². The molecule has 0 aliphatic rings. The van der Waals surface area contributed by atoms with Gasteiger partial charge in [-0.15, -0.1) is 0 Å². The third-order valence-corrected chi connectivity index (χ3v) is 3.73. The molecule has 0 aliphatic carbocycles. The predicted molar refractivity (Wildman–Crippen MR) is 70.5 cm³/mol. The smallest absolute Gasteiger partial charge is 0.307 e. The van der Waals surface area contributed by atoms with Gasteiger partial charge >= 0.3 is 5.97 Å². The first kappa shape index (κ1) is 14.6. The minimum Gasteiger partial charge on any atom is -0.481 e. The predicted octanol–water partition coefficient (Wildman–Crippen LogP) is 3.26. The molecule has 1 atom stereocenters. The van der Waals surface area contributed by atoms with Gasteiger partial charge in [-0.2, -0.15) is 0 Å². The van der Waals surface area contributed by atoms with Crippen LogP contribution in [0.4, 0.5) is 5.69 Å². The first-order chi connectivity index (χ1) is 8.34. The zero-order valence-electron chi connectivity index (χ0n) is 10.1. The number of nitrogens with zero attached hydrogens (tertiary/aromatic N) is 1. The summed E-state index contributed by atoms with van der Waals surface area (Å²) in [7, 11) is 0. The van der Waals surface area contributed by atoms with Gasteiger partial charge in [0.25, 0.3) is 5.69 Å². The summed E-state index contributed by atoms with van der Waals surface area (Å²) in [5, 5.41) is 19.9. The van der Waals surface area contributed by atoms with Crippen molar-refractivity contribution in [2.24, 2.45) is 11.8 Å². The highest BCUT2D eigenvalue weighted by molar-refractivity contribution is 9.10. The molecule has 0 aliphatic heterocycles. The second-order valence-electron chi connectivity index (χ2n) is 4.40. The van der Waals surface area contributed by atoms with Crippen molar-refractivity contribution in [3.8, 4) is 0 Å². The number of benzene rings is 1. The van der Waals surface area contributed by atoms with E-state index in [4.69, 9.17) is 5.11 Å². The summed E-state index contributed by atoms with van der Waals surface area (Å²) in [5.74, 6) is -1.47. The van der Waals surface area contributed by atoms with Crippen LogP contribution in [0.15, 0.2) is 22.7 Å². The Bertz CT molecular complexity index is 473. The molecule has 0 fully saturated rings. The van der Waals surface area contributed by atoms with Gasteiger partial charge in [0.15, 0.2) is 0 Å². The van der Waals surface area contributed by atoms with Crippen molar-refractivity contribution in [3.05, 3.63) is 38.3 Å². The van der Waals surface area contributed by atoms with Gasteiger partial charge in [-0.1, -0.05) is 26.0 Å². The Kier molecular flexibility index (Phi) is 4.84. The Morgan fingerprint density at radius 1 is 1.50 bits per heavy atom. The van der Waals surface area contributed by atoms with Crippen LogP contribution in [0.5, 0.6) is 0 Å². The molecule has 6 heteroatoms. The van der Waals surface area contributed by atoms with Crippen molar-refractivity contribution in [1.82, 2.24) is 0 Å². The van der Waals surface area contributed by atoms with Crippen molar-refractivity contribution < 1.29 is 14.8 Å². The molecular formula is C12H14BrNO4. The highest BCUT2D eigenvalue weighted by atomic mass is 79.9. The minimum atomic E-state index is -0.886. The molecule has 0 heterocycles. The summed E-state index contributed by atoms with van der Waals surface area (Å²) in [6.45, 7) is 3.65. The second kappa shape index (κ2) is 5.95. The largest absolute Gasteiger partial charge is 0.481 e. The van der Waals surface area contributed by atoms with Crippen molar-refractivity contribution in [3.63, 3.8) is 0 Å². The molecule has 1 N–H and O–H groups in total. The number of aliphatic carboxylic acids is 1. The fraction of sp³-hybridized carbons (Fsp3) is 0.417. The first-order valence-corrected chi connectivity index (χ1v) is 6.28. The minimum absolute atomic E-state index is 0.0336. The van der Waals surface area contributed by atoms with Crippen LogP contribution in [0, 0.1) is 22.0 Å². The van der Waals surface area contributed by atoms with E-state index in [1.807, 2.05) is 13.8 Å². The summed E-state index contributed by atoms with van der Waals surface area (Å²) in [6, 6.07) is 4.66. The summed E-state index contributed by atoms with van der Waals surface area (Å²) in [4.78, 5) is 21.4. The number of nitro groups is 1.